The summed E-state index contributed by atoms with van der Waals surface area (Å²) in [4.78, 5) is 10.6. The van der Waals surface area contributed by atoms with E-state index in [4.69, 9.17) is 4.74 Å². The van der Waals surface area contributed by atoms with Crippen molar-refractivity contribution in [2.24, 2.45) is 0 Å². The van der Waals surface area contributed by atoms with Crippen molar-refractivity contribution < 1.29 is 9.53 Å². The van der Waals surface area contributed by atoms with Crippen molar-refractivity contribution in [3.63, 3.8) is 0 Å². The van der Waals surface area contributed by atoms with Gasteiger partial charge < -0.3 is 4.74 Å². The SMILES string of the molecule is CCC(=O)OC(C)(C)C. The van der Waals surface area contributed by atoms with Gasteiger partial charge in [0.1, 0.15) is 5.60 Å². The lowest BCUT2D eigenvalue weighted by Gasteiger charge is -2.18. The number of hydrogen-bond donors (Lipinski definition) is 0. The van der Waals surface area contributed by atoms with Gasteiger partial charge in [-0.2, -0.15) is 0 Å². The fraction of sp³-hybridized carbons (Fsp3) is 0.857. The average Bonchev–Trinajstić information content (AvgIpc) is 1.62. The molecule has 0 atom stereocenters. The highest BCUT2D eigenvalue weighted by Crippen LogP contribution is 2.07. The monoisotopic (exact) mass is 130 g/mol. The lowest BCUT2D eigenvalue weighted by Crippen LogP contribution is -2.23. The normalized spacial score (nSPS) is 11.1. The van der Waals surface area contributed by atoms with Gasteiger partial charge >= 0.3 is 5.97 Å². The van der Waals surface area contributed by atoms with Crippen LogP contribution < -0.4 is 0 Å². The van der Waals surface area contributed by atoms with Crippen LogP contribution in [-0.4, -0.2) is 11.6 Å². The maximum Gasteiger partial charge on any atom is 0.306 e. The van der Waals surface area contributed by atoms with Crippen molar-refractivity contribution in [2.75, 3.05) is 0 Å². The molecule has 0 rings (SSSR count). The van der Waals surface area contributed by atoms with Gasteiger partial charge in [-0.05, 0) is 20.8 Å². The van der Waals surface area contributed by atoms with Crippen molar-refractivity contribution in [3.05, 3.63) is 0 Å². The number of esters is 1. The standard InChI is InChI=1S/C7H14O2/c1-5-6(8)9-7(2,3)4/h5H2,1-4H3. The van der Waals surface area contributed by atoms with E-state index < -0.39 is 0 Å². The summed E-state index contributed by atoms with van der Waals surface area (Å²) in [5, 5.41) is 0. The zero-order chi connectivity index (χ0) is 7.49. The van der Waals surface area contributed by atoms with Gasteiger partial charge in [0.2, 0.25) is 0 Å². The molecule has 0 aromatic heterocycles. The maximum absolute atomic E-state index is 10.6. The number of rotatable bonds is 1. The summed E-state index contributed by atoms with van der Waals surface area (Å²) in [6, 6.07) is 0. The molecule has 0 bridgehead atoms. The second-order valence-electron chi connectivity index (χ2n) is 2.94. The van der Waals surface area contributed by atoms with E-state index in [0.29, 0.717) is 6.42 Å². The fourth-order valence-corrected chi connectivity index (χ4v) is 0.414. The van der Waals surface area contributed by atoms with Gasteiger partial charge in [-0.15, -0.1) is 0 Å². The first-order valence-corrected chi connectivity index (χ1v) is 3.17. The molecule has 0 spiro atoms. The van der Waals surface area contributed by atoms with Crippen LogP contribution >= 0.6 is 0 Å². The van der Waals surface area contributed by atoms with Gasteiger partial charge in [0.05, 0.1) is 0 Å². The van der Waals surface area contributed by atoms with E-state index in [9.17, 15) is 4.79 Å². The predicted octanol–water partition coefficient (Wildman–Crippen LogP) is 1.74. The highest BCUT2D eigenvalue weighted by Gasteiger charge is 2.13. The lowest BCUT2D eigenvalue weighted by molar-refractivity contribution is -0.154. The van der Waals surface area contributed by atoms with Crippen LogP contribution in [0, 0.1) is 0 Å². The second-order valence-corrected chi connectivity index (χ2v) is 2.94. The summed E-state index contributed by atoms with van der Waals surface area (Å²) in [6.45, 7) is 7.37. The van der Waals surface area contributed by atoms with Crippen LogP contribution in [0.25, 0.3) is 0 Å². The van der Waals surface area contributed by atoms with E-state index >= 15 is 0 Å². The smallest absolute Gasteiger partial charge is 0.306 e. The van der Waals surface area contributed by atoms with Gasteiger partial charge in [-0.3, -0.25) is 4.79 Å². The lowest BCUT2D eigenvalue weighted by atomic mass is 10.2. The summed E-state index contributed by atoms with van der Waals surface area (Å²) in [5.41, 5.74) is -0.326. The number of carbonyl (C=O) groups excluding carboxylic acids is 1. The zero-order valence-corrected chi connectivity index (χ0v) is 6.52. The highest BCUT2D eigenvalue weighted by atomic mass is 16.6. The zero-order valence-electron chi connectivity index (χ0n) is 6.52. The van der Waals surface area contributed by atoms with Crippen LogP contribution in [0.1, 0.15) is 34.1 Å². The molecule has 0 saturated carbocycles. The molecule has 2 heteroatoms. The molecule has 0 aliphatic carbocycles. The first-order valence-electron chi connectivity index (χ1n) is 3.17. The van der Waals surface area contributed by atoms with Gasteiger partial charge in [0.15, 0.2) is 0 Å². The van der Waals surface area contributed by atoms with E-state index in [0.717, 1.165) is 0 Å². The molecule has 0 aromatic carbocycles. The first-order chi connectivity index (χ1) is 3.95. The van der Waals surface area contributed by atoms with Crippen LogP contribution in [0.5, 0.6) is 0 Å². The van der Waals surface area contributed by atoms with E-state index in [2.05, 4.69) is 0 Å². The van der Waals surface area contributed by atoms with Crippen LogP contribution in [0.4, 0.5) is 0 Å². The molecule has 0 aromatic rings. The topological polar surface area (TPSA) is 26.3 Å². The molecule has 54 valence electrons. The average molecular weight is 130 g/mol. The van der Waals surface area contributed by atoms with E-state index in [1.54, 1.807) is 6.92 Å². The third-order valence-electron chi connectivity index (χ3n) is 0.709. The summed E-state index contributed by atoms with van der Waals surface area (Å²) in [5.74, 6) is -0.137. The van der Waals surface area contributed by atoms with Gasteiger partial charge in [0, 0.05) is 6.42 Å². The molecule has 0 aliphatic rings. The molecule has 0 saturated heterocycles. The van der Waals surface area contributed by atoms with Crippen LogP contribution in [-0.2, 0) is 9.53 Å². The Morgan fingerprint density at radius 2 is 1.89 bits per heavy atom. The largest absolute Gasteiger partial charge is 0.460 e. The van der Waals surface area contributed by atoms with Crippen molar-refractivity contribution in [2.45, 2.75) is 39.7 Å². The molecule has 0 aliphatic heterocycles. The van der Waals surface area contributed by atoms with E-state index in [-0.39, 0.29) is 11.6 Å². The Labute approximate surface area is 56.2 Å². The minimum atomic E-state index is -0.326. The Kier molecular flexibility index (Phi) is 2.68. The quantitative estimate of drug-likeness (QED) is 0.505. The summed E-state index contributed by atoms with van der Waals surface area (Å²) >= 11 is 0. The van der Waals surface area contributed by atoms with Crippen molar-refractivity contribution in [3.8, 4) is 0 Å². The van der Waals surface area contributed by atoms with Crippen molar-refractivity contribution >= 4 is 5.97 Å². The fourth-order valence-electron chi connectivity index (χ4n) is 0.414. The first kappa shape index (κ1) is 8.47. The second kappa shape index (κ2) is 2.85. The molecular formula is C7H14O2. The summed E-state index contributed by atoms with van der Waals surface area (Å²) in [7, 11) is 0. The van der Waals surface area contributed by atoms with E-state index in [1.807, 2.05) is 20.8 Å². The molecule has 0 N–H and O–H groups in total. The Balaban J connectivity index is 3.60. The van der Waals surface area contributed by atoms with Crippen molar-refractivity contribution in [1.29, 1.82) is 0 Å². The number of hydrogen-bond acceptors (Lipinski definition) is 2. The Morgan fingerprint density at radius 3 is 2.00 bits per heavy atom. The maximum atomic E-state index is 10.6. The molecule has 0 heterocycles. The summed E-state index contributed by atoms with van der Waals surface area (Å²) < 4.78 is 4.95. The molecular weight excluding hydrogens is 116 g/mol. The van der Waals surface area contributed by atoms with Gasteiger partial charge in [-0.1, -0.05) is 6.92 Å². The van der Waals surface area contributed by atoms with Crippen LogP contribution in [0.3, 0.4) is 0 Å². The molecule has 9 heavy (non-hydrogen) atoms. The molecule has 0 unspecified atom stereocenters. The number of carbonyl (C=O) groups is 1. The Morgan fingerprint density at radius 1 is 1.44 bits per heavy atom. The molecule has 0 fully saturated rings. The Bertz CT molecular complexity index is 100.0. The van der Waals surface area contributed by atoms with Crippen LogP contribution in [0.15, 0.2) is 0 Å². The van der Waals surface area contributed by atoms with E-state index in [1.165, 1.54) is 0 Å². The molecule has 2 nitrogen and oxygen atoms in total. The van der Waals surface area contributed by atoms with Crippen molar-refractivity contribution in [1.82, 2.24) is 0 Å². The van der Waals surface area contributed by atoms with Gasteiger partial charge in [-0.25, -0.2) is 0 Å². The molecule has 0 amide bonds. The Hall–Kier alpha value is -0.530. The third kappa shape index (κ3) is 5.34. The van der Waals surface area contributed by atoms with Crippen LogP contribution in [0.2, 0.25) is 0 Å². The predicted molar refractivity (Wildman–Crippen MR) is 36.1 cm³/mol. The minimum absolute atomic E-state index is 0.137. The number of ether oxygens (including phenoxy) is 1. The summed E-state index contributed by atoms with van der Waals surface area (Å²) in [6.07, 6.45) is 0.456. The highest BCUT2D eigenvalue weighted by molar-refractivity contribution is 5.69. The molecule has 0 radical (unpaired) electrons. The minimum Gasteiger partial charge on any atom is -0.460 e. The third-order valence-corrected chi connectivity index (χ3v) is 0.709. The van der Waals surface area contributed by atoms with Gasteiger partial charge in [0.25, 0.3) is 0 Å².